The van der Waals surface area contributed by atoms with E-state index < -0.39 is 0 Å². The lowest BCUT2D eigenvalue weighted by Gasteiger charge is -2.09. The minimum atomic E-state index is 0.510. The van der Waals surface area contributed by atoms with Gasteiger partial charge in [0.15, 0.2) is 0 Å². The highest BCUT2D eigenvalue weighted by Crippen LogP contribution is 2.14. The van der Waals surface area contributed by atoms with Crippen molar-refractivity contribution in [1.29, 1.82) is 0 Å². The molecule has 4 heteroatoms. The van der Waals surface area contributed by atoms with Gasteiger partial charge in [0.05, 0.1) is 13.2 Å². The van der Waals surface area contributed by atoms with Gasteiger partial charge in [-0.15, -0.1) is 0 Å². The summed E-state index contributed by atoms with van der Waals surface area (Å²) in [5.41, 5.74) is 7.71. The number of hydrogen-bond donors (Lipinski definition) is 1. The van der Waals surface area contributed by atoms with Crippen LogP contribution in [0.1, 0.15) is 25.3 Å². The molecule has 4 nitrogen and oxygen atoms in total. The molecule has 24 heavy (non-hydrogen) atoms. The SMILES string of the molecule is CCCCc1ccc(OCCOCCOc2ccc(N)cc2)cc1. The van der Waals surface area contributed by atoms with Crippen molar-refractivity contribution in [2.75, 3.05) is 32.2 Å². The van der Waals surface area contributed by atoms with Gasteiger partial charge in [0.2, 0.25) is 0 Å². The van der Waals surface area contributed by atoms with Crippen molar-refractivity contribution in [3.05, 3.63) is 54.1 Å². The van der Waals surface area contributed by atoms with Gasteiger partial charge in [0, 0.05) is 5.69 Å². The van der Waals surface area contributed by atoms with E-state index in [0.29, 0.717) is 26.4 Å². The van der Waals surface area contributed by atoms with E-state index in [4.69, 9.17) is 19.9 Å². The summed E-state index contributed by atoms with van der Waals surface area (Å²) in [6.07, 6.45) is 3.58. The van der Waals surface area contributed by atoms with Crippen molar-refractivity contribution in [2.45, 2.75) is 26.2 Å². The molecule has 0 unspecified atom stereocenters. The number of hydrogen-bond acceptors (Lipinski definition) is 4. The number of anilines is 1. The fraction of sp³-hybridized carbons (Fsp3) is 0.400. The predicted molar refractivity (Wildman–Crippen MR) is 97.7 cm³/mol. The molecule has 0 saturated carbocycles. The summed E-state index contributed by atoms with van der Waals surface area (Å²) in [7, 11) is 0. The molecule has 0 aliphatic rings. The van der Waals surface area contributed by atoms with Gasteiger partial charge in [-0.3, -0.25) is 0 Å². The monoisotopic (exact) mass is 329 g/mol. The second-order valence-electron chi connectivity index (χ2n) is 5.63. The Morgan fingerprint density at radius 3 is 1.83 bits per heavy atom. The van der Waals surface area contributed by atoms with Crippen molar-refractivity contribution in [1.82, 2.24) is 0 Å². The summed E-state index contributed by atoms with van der Waals surface area (Å²) >= 11 is 0. The first-order valence-corrected chi connectivity index (χ1v) is 8.56. The van der Waals surface area contributed by atoms with E-state index in [9.17, 15) is 0 Å². The zero-order valence-corrected chi connectivity index (χ0v) is 14.4. The molecule has 0 radical (unpaired) electrons. The molecule has 130 valence electrons. The Kier molecular flexibility index (Phi) is 7.98. The lowest BCUT2D eigenvalue weighted by molar-refractivity contribution is 0.0764. The highest BCUT2D eigenvalue weighted by Gasteiger charge is 1.97. The molecule has 2 rings (SSSR count). The number of rotatable bonds is 11. The van der Waals surface area contributed by atoms with E-state index in [-0.39, 0.29) is 0 Å². The second-order valence-corrected chi connectivity index (χ2v) is 5.63. The van der Waals surface area contributed by atoms with Gasteiger partial charge in [0.25, 0.3) is 0 Å². The average Bonchev–Trinajstić information content (AvgIpc) is 2.61. The number of nitrogen functional groups attached to an aromatic ring is 1. The van der Waals surface area contributed by atoms with Gasteiger partial charge < -0.3 is 19.9 Å². The molecule has 0 fully saturated rings. The maximum absolute atomic E-state index is 5.66. The van der Waals surface area contributed by atoms with E-state index >= 15 is 0 Å². The van der Waals surface area contributed by atoms with Crippen molar-refractivity contribution in [3.63, 3.8) is 0 Å². The fourth-order valence-corrected chi connectivity index (χ4v) is 2.24. The summed E-state index contributed by atoms with van der Waals surface area (Å²) in [4.78, 5) is 0. The maximum atomic E-state index is 5.66. The minimum Gasteiger partial charge on any atom is -0.491 e. The topological polar surface area (TPSA) is 53.7 Å². The highest BCUT2D eigenvalue weighted by molar-refractivity contribution is 5.41. The van der Waals surface area contributed by atoms with Gasteiger partial charge in [-0.2, -0.15) is 0 Å². The first-order chi connectivity index (χ1) is 11.8. The molecule has 2 aromatic carbocycles. The molecule has 0 aromatic heterocycles. The molecule has 0 aliphatic carbocycles. The third-order valence-corrected chi connectivity index (χ3v) is 3.62. The molecule has 0 heterocycles. The van der Waals surface area contributed by atoms with E-state index in [2.05, 4.69) is 19.1 Å². The fourth-order valence-electron chi connectivity index (χ4n) is 2.24. The molecular weight excluding hydrogens is 302 g/mol. The van der Waals surface area contributed by atoms with E-state index in [1.54, 1.807) is 0 Å². The first kappa shape index (κ1) is 18.1. The van der Waals surface area contributed by atoms with Gasteiger partial charge in [-0.05, 0) is 54.8 Å². The molecular formula is C20H27NO3. The van der Waals surface area contributed by atoms with Crippen LogP contribution < -0.4 is 15.2 Å². The summed E-state index contributed by atoms with van der Waals surface area (Å²) in [5, 5.41) is 0. The van der Waals surface area contributed by atoms with Crippen LogP contribution in [-0.4, -0.2) is 26.4 Å². The Morgan fingerprint density at radius 1 is 0.750 bits per heavy atom. The second kappa shape index (κ2) is 10.6. The molecule has 0 spiro atoms. The van der Waals surface area contributed by atoms with Crippen LogP contribution in [0, 0.1) is 0 Å². The molecule has 0 aliphatic heterocycles. The van der Waals surface area contributed by atoms with Crippen LogP contribution in [0.15, 0.2) is 48.5 Å². The molecule has 0 amide bonds. The summed E-state index contributed by atoms with van der Waals surface area (Å²) in [6.45, 7) is 4.33. The zero-order valence-electron chi connectivity index (χ0n) is 14.4. The smallest absolute Gasteiger partial charge is 0.119 e. The van der Waals surface area contributed by atoms with Crippen LogP contribution in [0.2, 0.25) is 0 Å². The Hall–Kier alpha value is -2.20. The zero-order chi connectivity index (χ0) is 17.0. The summed E-state index contributed by atoms with van der Waals surface area (Å²) in [6, 6.07) is 15.6. The van der Waals surface area contributed by atoms with Gasteiger partial charge in [-0.25, -0.2) is 0 Å². The third kappa shape index (κ3) is 6.92. The van der Waals surface area contributed by atoms with Crippen LogP contribution in [-0.2, 0) is 11.2 Å². The van der Waals surface area contributed by atoms with Crippen LogP contribution in [0.5, 0.6) is 11.5 Å². The van der Waals surface area contributed by atoms with Gasteiger partial charge in [0.1, 0.15) is 24.7 Å². The van der Waals surface area contributed by atoms with E-state index in [0.717, 1.165) is 23.6 Å². The number of ether oxygens (including phenoxy) is 3. The van der Waals surface area contributed by atoms with E-state index in [1.807, 2.05) is 36.4 Å². The summed E-state index contributed by atoms with van der Waals surface area (Å²) in [5.74, 6) is 1.68. The maximum Gasteiger partial charge on any atom is 0.119 e. The molecule has 0 atom stereocenters. The van der Waals surface area contributed by atoms with Gasteiger partial charge in [-0.1, -0.05) is 25.5 Å². The number of aryl methyl sites for hydroxylation is 1. The van der Waals surface area contributed by atoms with Crippen LogP contribution >= 0.6 is 0 Å². The highest BCUT2D eigenvalue weighted by atomic mass is 16.5. The Balaban J connectivity index is 1.52. The van der Waals surface area contributed by atoms with E-state index in [1.165, 1.54) is 18.4 Å². The Morgan fingerprint density at radius 2 is 1.29 bits per heavy atom. The molecule has 2 aromatic rings. The average molecular weight is 329 g/mol. The van der Waals surface area contributed by atoms with Crippen molar-refractivity contribution in [3.8, 4) is 11.5 Å². The lowest BCUT2D eigenvalue weighted by Crippen LogP contribution is -2.12. The van der Waals surface area contributed by atoms with Crippen molar-refractivity contribution >= 4 is 5.69 Å². The minimum absolute atomic E-state index is 0.510. The predicted octanol–water partition coefficient (Wildman–Crippen LogP) is 4.09. The summed E-state index contributed by atoms with van der Waals surface area (Å²) < 4.78 is 16.7. The van der Waals surface area contributed by atoms with Crippen LogP contribution in [0.4, 0.5) is 5.69 Å². The standard InChI is InChI=1S/C20H27NO3/c1-2-3-4-17-5-9-19(10-6-17)23-15-13-22-14-16-24-20-11-7-18(21)8-12-20/h5-12H,2-4,13-16,21H2,1H3. The van der Waals surface area contributed by atoms with Crippen LogP contribution in [0.25, 0.3) is 0 Å². The number of unbranched alkanes of at least 4 members (excludes halogenated alkanes) is 1. The van der Waals surface area contributed by atoms with Gasteiger partial charge >= 0.3 is 0 Å². The largest absolute Gasteiger partial charge is 0.491 e. The molecule has 0 saturated heterocycles. The third-order valence-electron chi connectivity index (χ3n) is 3.62. The van der Waals surface area contributed by atoms with Crippen molar-refractivity contribution in [2.24, 2.45) is 0 Å². The molecule has 0 bridgehead atoms. The Bertz CT molecular complexity index is 566. The quantitative estimate of drug-likeness (QED) is 0.498. The number of nitrogens with two attached hydrogens (primary N) is 1. The molecule has 2 N–H and O–H groups in total. The number of benzene rings is 2. The Labute approximate surface area is 144 Å². The lowest BCUT2D eigenvalue weighted by atomic mass is 10.1. The first-order valence-electron chi connectivity index (χ1n) is 8.56. The van der Waals surface area contributed by atoms with Crippen LogP contribution in [0.3, 0.4) is 0 Å². The normalized spacial score (nSPS) is 10.5. The van der Waals surface area contributed by atoms with Crippen molar-refractivity contribution < 1.29 is 14.2 Å².